The number of nitrogen functional groups attached to an aromatic ring is 1. The van der Waals surface area contributed by atoms with Gasteiger partial charge in [0.05, 0.1) is 6.61 Å². The van der Waals surface area contributed by atoms with Crippen molar-refractivity contribution < 1.29 is 4.74 Å². The van der Waals surface area contributed by atoms with Gasteiger partial charge in [0.15, 0.2) is 4.34 Å². The quantitative estimate of drug-likeness (QED) is 0.844. The molecule has 2 aromatic rings. The minimum atomic E-state index is 0.700. The number of rotatable bonds is 5. The average molecular weight is 267 g/mol. The number of benzene rings is 1. The van der Waals surface area contributed by atoms with Gasteiger partial charge in [-0.1, -0.05) is 18.7 Å². The summed E-state index contributed by atoms with van der Waals surface area (Å²) in [6, 6.07) is 5.71. The zero-order valence-corrected chi connectivity index (χ0v) is 11.1. The SMILES string of the molecule is CCCOc1cc(N)cc(Sc2ncns2)c1. The first-order chi connectivity index (χ1) is 8.28. The summed E-state index contributed by atoms with van der Waals surface area (Å²) in [6.45, 7) is 2.77. The summed E-state index contributed by atoms with van der Waals surface area (Å²) in [5.41, 5.74) is 6.53. The summed E-state index contributed by atoms with van der Waals surface area (Å²) in [7, 11) is 0. The number of aromatic nitrogens is 2. The molecule has 1 heterocycles. The molecule has 6 heteroatoms. The molecule has 0 spiro atoms. The number of nitrogens with zero attached hydrogens (tertiary/aromatic N) is 2. The Morgan fingerprint density at radius 3 is 3.00 bits per heavy atom. The van der Waals surface area contributed by atoms with Crippen LogP contribution in [-0.4, -0.2) is 16.0 Å². The van der Waals surface area contributed by atoms with E-state index in [0.29, 0.717) is 12.3 Å². The maximum Gasteiger partial charge on any atom is 0.174 e. The van der Waals surface area contributed by atoms with Crippen LogP contribution in [0.4, 0.5) is 5.69 Å². The maximum absolute atomic E-state index is 5.83. The third-order valence-corrected chi connectivity index (χ3v) is 3.61. The van der Waals surface area contributed by atoms with Gasteiger partial charge in [0.25, 0.3) is 0 Å². The monoisotopic (exact) mass is 267 g/mol. The fourth-order valence-corrected chi connectivity index (χ4v) is 2.78. The lowest BCUT2D eigenvalue weighted by molar-refractivity contribution is 0.317. The Balaban J connectivity index is 2.13. The van der Waals surface area contributed by atoms with Crippen LogP contribution in [0, 0.1) is 0 Å². The molecule has 0 bridgehead atoms. The molecule has 0 unspecified atom stereocenters. The number of hydrogen-bond acceptors (Lipinski definition) is 6. The third-order valence-electron chi connectivity index (χ3n) is 1.92. The van der Waals surface area contributed by atoms with Crippen LogP contribution in [0.15, 0.2) is 33.8 Å². The average Bonchev–Trinajstić information content (AvgIpc) is 2.78. The van der Waals surface area contributed by atoms with Gasteiger partial charge in [-0.3, -0.25) is 0 Å². The van der Waals surface area contributed by atoms with Crippen molar-refractivity contribution in [3.05, 3.63) is 24.5 Å². The molecular weight excluding hydrogens is 254 g/mol. The lowest BCUT2D eigenvalue weighted by Crippen LogP contribution is -1.96. The summed E-state index contributed by atoms with van der Waals surface area (Å²) < 4.78 is 10.4. The molecule has 0 aliphatic carbocycles. The van der Waals surface area contributed by atoms with Crippen molar-refractivity contribution in [3.63, 3.8) is 0 Å². The highest BCUT2D eigenvalue weighted by atomic mass is 32.2. The van der Waals surface area contributed by atoms with Crippen molar-refractivity contribution in [1.29, 1.82) is 0 Å². The van der Waals surface area contributed by atoms with Gasteiger partial charge in [0.2, 0.25) is 0 Å². The molecule has 1 aromatic carbocycles. The van der Waals surface area contributed by atoms with E-state index in [1.54, 1.807) is 18.1 Å². The second kappa shape index (κ2) is 5.88. The Morgan fingerprint density at radius 1 is 1.41 bits per heavy atom. The number of ether oxygens (including phenoxy) is 1. The first kappa shape index (κ1) is 12.2. The first-order valence-electron chi connectivity index (χ1n) is 5.26. The lowest BCUT2D eigenvalue weighted by atomic mass is 10.3. The Morgan fingerprint density at radius 2 is 2.29 bits per heavy atom. The molecule has 0 fully saturated rings. The highest BCUT2D eigenvalue weighted by Crippen LogP contribution is 2.32. The molecule has 4 nitrogen and oxygen atoms in total. The molecule has 1 aromatic heterocycles. The van der Waals surface area contributed by atoms with Crippen LogP contribution in [-0.2, 0) is 0 Å². The van der Waals surface area contributed by atoms with Gasteiger partial charge in [0.1, 0.15) is 12.1 Å². The van der Waals surface area contributed by atoms with E-state index in [-0.39, 0.29) is 0 Å². The van der Waals surface area contributed by atoms with Crippen LogP contribution in [0.5, 0.6) is 5.75 Å². The van der Waals surface area contributed by atoms with Crippen LogP contribution < -0.4 is 10.5 Å². The zero-order chi connectivity index (χ0) is 12.1. The van der Waals surface area contributed by atoms with Gasteiger partial charge >= 0.3 is 0 Å². The van der Waals surface area contributed by atoms with Crippen molar-refractivity contribution in [1.82, 2.24) is 9.36 Å². The summed E-state index contributed by atoms with van der Waals surface area (Å²) in [4.78, 5) is 5.14. The molecule has 0 aliphatic rings. The molecular formula is C11H13N3OS2. The molecule has 2 rings (SSSR count). The van der Waals surface area contributed by atoms with Gasteiger partial charge < -0.3 is 10.5 Å². The van der Waals surface area contributed by atoms with E-state index in [1.807, 2.05) is 18.2 Å². The molecule has 90 valence electrons. The minimum absolute atomic E-state index is 0.700. The van der Waals surface area contributed by atoms with E-state index in [0.717, 1.165) is 21.4 Å². The van der Waals surface area contributed by atoms with Gasteiger partial charge in [-0.2, -0.15) is 4.37 Å². The highest BCUT2D eigenvalue weighted by Gasteiger charge is 2.04. The van der Waals surface area contributed by atoms with E-state index >= 15 is 0 Å². The van der Waals surface area contributed by atoms with Crippen molar-refractivity contribution in [2.75, 3.05) is 12.3 Å². The van der Waals surface area contributed by atoms with Crippen LogP contribution >= 0.6 is 23.3 Å². The van der Waals surface area contributed by atoms with E-state index < -0.39 is 0 Å². The molecule has 0 aliphatic heterocycles. The second-order valence-corrected chi connectivity index (χ2v) is 5.50. The van der Waals surface area contributed by atoms with Crippen LogP contribution in [0.25, 0.3) is 0 Å². The molecule has 0 saturated carbocycles. The lowest BCUT2D eigenvalue weighted by Gasteiger charge is -2.07. The van der Waals surface area contributed by atoms with Crippen molar-refractivity contribution >= 4 is 29.0 Å². The first-order valence-corrected chi connectivity index (χ1v) is 6.85. The summed E-state index contributed by atoms with van der Waals surface area (Å²) in [5.74, 6) is 0.805. The predicted molar refractivity (Wildman–Crippen MR) is 70.7 cm³/mol. The second-order valence-electron chi connectivity index (χ2n) is 3.40. The van der Waals surface area contributed by atoms with Gasteiger partial charge in [-0.15, -0.1) is 0 Å². The molecule has 0 amide bonds. The fraction of sp³-hybridized carbons (Fsp3) is 0.273. The van der Waals surface area contributed by atoms with Gasteiger partial charge in [0, 0.05) is 16.6 Å². The third kappa shape index (κ3) is 3.61. The number of nitrogens with two attached hydrogens (primary N) is 1. The van der Waals surface area contributed by atoms with E-state index in [9.17, 15) is 0 Å². The molecule has 0 saturated heterocycles. The number of anilines is 1. The smallest absolute Gasteiger partial charge is 0.174 e. The van der Waals surface area contributed by atoms with Crippen LogP contribution in [0.1, 0.15) is 13.3 Å². The van der Waals surface area contributed by atoms with Crippen LogP contribution in [0.2, 0.25) is 0 Å². The fourth-order valence-electron chi connectivity index (χ4n) is 1.26. The summed E-state index contributed by atoms with van der Waals surface area (Å²) in [6.07, 6.45) is 2.53. The Hall–Kier alpha value is -1.27. The van der Waals surface area contributed by atoms with Crippen molar-refractivity contribution in [3.8, 4) is 5.75 Å². The zero-order valence-electron chi connectivity index (χ0n) is 9.42. The van der Waals surface area contributed by atoms with Gasteiger partial charge in [-0.05, 0) is 30.1 Å². The van der Waals surface area contributed by atoms with E-state index in [4.69, 9.17) is 10.5 Å². The van der Waals surface area contributed by atoms with Crippen molar-refractivity contribution in [2.45, 2.75) is 22.6 Å². The maximum atomic E-state index is 5.83. The Bertz CT molecular complexity index is 474. The Kier molecular flexibility index (Phi) is 4.22. The van der Waals surface area contributed by atoms with E-state index in [1.165, 1.54) is 11.5 Å². The standard InChI is InChI=1S/C11H13N3OS2/c1-2-3-15-9-4-8(12)5-10(6-9)16-11-13-7-14-17-11/h4-7H,2-3,12H2,1H3. The normalized spacial score (nSPS) is 10.4. The molecule has 17 heavy (non-hydrogen) atoms. The predicted octanol–water partition coefficient (Wildman–Crippen LogP) is 3.06. The molecule has 0 atom stereocenters. The summed E-state index contributed by atoms with van der Waals surface area (Å²) >= 11 is 2.91. The largest absolute Gasteiger partial charge is 0.493 e. The van der Waals surface area contributed by atoms with Crippen molar-refractivity contribution in [2.24, 2.45) is 0 Å². The van der Waals surface area contributed by atoms with Gasteiger partial charge in [-0.25, -0.2) is 4.98 Å². The van der Waals surface area contributed by atoms with Crippen LogP contribution in [0.3, 0.4) is 0 Å². The highest BCUT2D eigenvalue weighted by molar-refractivity contribution is 8.01. The molecule has 2 N–H and O–H groups in total. The summed E-state index contributed by atoms with van der Waals surface area (Å²) in [5, 5.41) is 0. The molecule has 0 radical (unpaired) electrons. The Labute approximate surface area is 108 Å². The topological polar surface area (TPSA) is 61.0 Å². The number of hydrogen-bond donors (Lipinski definition) is 1. The minimum Gasteiger partial charge on any atom is -0.493 e. The van der Waals surface area contributed by atoms with E-state index in [2.05, 4.69) is 16.3 Å².